The molecule has 0 saturated carbocycles. The second-order valence-corrected chi connectivity index (χ2v) is 7.93. The van der Waals surface area contributed by atoms with Crippen LogP contribution in [0.15, 0.2) is 27.1 Å². The average molecular weight is 369 g/mol. The van der Waals surface area contributed by atoms with Crippen molar-refractivity contribution in [1.29, 1.82) is 5.26 Å². The minimum Gasteiger partial charge on any atom is -0.287 e. The normalized spacial score (nSPS) is 13.1. The van der Waals surface area contributed by atoms with Crippen molar-refractivity contribution in [2.24, 2.45) is 0 Å². The highest BCUT2D eigenvalue weighted by Gasteiger charge is 2.23. The zero-order chi connectivity index (χ0) is 17.4. The van der Waals surface area contributed by atoms with E-state index in [0.717, 1.165) is 35.9 Å². The van der Waals surface area contributed by atoms with Crippen molar-refractivity contribution in [3.05, 3.63) is 38.6 Å². The molecular weight excluding hydrogens is 354 g/mol. The topological polar surface area (TPSA) is 84.5 Å². The highest BCUT2D eigenvalue weighted by atomic mass is 32.2. The molecule has 0 amide bonds. The molecule has 0 radical (unpaired) electrons. The number of aromatic nitrogens is 4. The molecule has 0 atom stereocenters. The molecule has 3 aromatic rings. The van der Waals surface area contributed by atoms with Crippen LogP contribution in [-0.4, -0.2) is 19.7 Å². The van der Waals surface area contributed by atoms with Gasteiger partial charge >= 0.3 is 0 Å². The third-order valence-corrected chi connectivity index (χ3v) is 6.29. The smallest absolute Gasteiger partial charge is 0.263 e. The van der Waals surface area contributed by atoms with Gasteiger partial charge in [-0.05, 0) is 55.1 Å². The number of thiophene rings is 1. The zero-order valence-electron chi connectivity index (χ0n) is 13.7. The Bertz CT molecular complexity index is 1050. The van der Waals surface area contributed by atoms with Gasteiger partial charge < -0.3 is 0 Å². The van der Waals surface area contributed by atoms with Crippen LogP contribution in [0.4, 0.5) is 0 Å². The van der Waals surface area contributed by atoms with E-state index in [9.17, 15) is 4.79 Å². The summed E-state index contributed by atoms with van der Waals surface area (Å²) in [5, 5.41) is 18.8. The van der Waals surface area contributed by atoms with E-state index >= 15 is 0 Å². The summed E-state index contributed by atoms with van der Waals surface area (Å²) in [5.74, 6) is 0. The maximum Gasteiger partial charge on any atom is 0.263 e. The van der Waals surface area contributed by atoms with Gasteiger partial charge in [0.2, 0.25) is 0 Å². The number of rotatable bonds is 4. The predicted octanol–water partition coefficient (Wildman–Crippen LogP) is 3.17. The van der Waals surface area contributed by atoms with Crippen LogP contribution < -0.4 is 5.56 Å². The van der Waals surface area contributed by atoms with Crippen LogP contribution in [0.5, 0.6) is 0 Å². The molecule has 126 valence electrons. The molecule has 3 heterocycles. The maximum absolute atomic E-state index is 13.1. The van der Waals surface area contributed by atoms with Crippen molar-refractivity contribution < 1.29 is 0 Å². The van der Waals surface area contributed by atoms with Gasteiger partial charge in [-0.2, -0.15) is 5.26 Å². The molecule has 25 heavy (non-hydrogen) atoms. The molecule has 0 spiro atoms. The lowest BCUT2D eigenvalue weighted by Gasteiger charge is -2.10. The monoisotopic (exact) mass is 369 g/mol. The van der Waals surface area contributed by atoms with Gasteiger partial charge in [0.25, 0.3) is 5.56 Å². The molecule has 1 aliphatic rings. The molecule has 0 fully saturated rings. The van der Waals surface area contributed by atoms with Crippen molar-refractivity contribution in [3.63, 3.8) is 0 Å². The summed E-state index contributed by atoms with van der Waals surface area (Å²) in [6, 6.07) is 5.31. The first-order valence-corrected chi connectivity index (χ1v) is 9.81. The number of aryl methyl sites for hydroxylation is 2. The van der Waals surface area contributed by atoms with Crippen LogP contribution in [0.25, 0.3) is 10.2 Å². The van der Waals surface area contributed by atoms with Gasteiger partial charge in [-0.1, -0.05) is 6.92 Å². The van der Waals surface area contributed by atoms with E-state index in [1.807, 2.05) is 13.0 Å². The molecule has 0 aliphatic heterocycles. The Labute approximate surface area is 152 Å². The van der Waals surface area contributed by atoms with Gasteiger partial charge in [-0.3, -0.25) is 9.36 Å². The van der Waals surface area contributed by atoms with Crippen LogP contribution in [0.2, 0.25) is 0 Å². The van der Waals surface area contributed by atoms with Crippen LogP contribution in [-0.2, 0) is 19.4 Å². The number of nitriles is 1. The van der Waals surface area contributed by atoms with Crippen LogP contribution in [0.3, 0.4) is 0 Å². The first kappa shape index (κ1) is 16.2. The Morgan fingerprint density at radius 3 is 2.96 bits per heavy atom. The van der Waals surface area contributed by atoms with Crippen molar-refractivity contribution in [2.45, 2.75) is 49.3 Å². The number of nitrogens with zero attached hydrogens (tertiary/aromatic N) is 5. The van der Waals surface area contributed by atoms with Crippen molar-refractivity contribution in [2.75, 3.05) is 0 Å². The Hall–Kier alpha value is -2.24. The van der Waals surface area contributed by atoms with E-state index in [4.69, 9.17) is 10.2 Å². The van der Waals surface area contributed by atoms with E-state index in [1.54, 1.807) is 28.0 Å². The predicted molar refractivity (Wildman–Crippen MR) is 97.1 cm³/mol. The van der Waals surface area contributed by atoms with Crippen LogP contribution in [0.1, 0.15) is 35.9 Å². The molecule has 8 heteroatoms. The Morgan fingerprint density at radius 2 is 2.24 bits per heavy atom. The van der Waals surface area contributed by atoms with Gasteiger partial charge in [0.1, 0.15) is 15.9 Å². The Morgan fingerprint density at radius 1 is 1.36 bits per heavy atom. The average Bonchev–Trinajstić information content (AvgIpc) is 3.19. The second kappa shape index (κ2) is 6.58. The molecule has 6 nitrogen and oxygen atoms in total. The fourth-order valence-corrected chi connectivity index (χ4v) is 5.22. The molecule has 3 aromatic heterocycles. The van der Waals surface area contributed by atoms with Crippen molar-refractivity contribution >= 4 is 33.3 Å². The molecule has 0 bridgehead atoms. The van der Waals surface area contributed by atoms with E-state index in [1.165, 1.54) is 22.2 Å². The van der Waals surface area contributed by atoms with E-state index in [2.05, 4.69) is 10.2 Å². The number of hydrogen-bond acceptors (Lipinski definition) is 7. The first-order valence-electron chi connectivity index (χ1n) is 8.18. The summed E-state index contributed by atoms with van der Waals surface area (Å²) < 4.78 is 1.75. The lowest BCUT2D eigenvalue weighted by atomic mass is 10.2. The standard InChI is InChI=1S/C17H15N5OS2/c1-2-8-22-16(23)14-11-4-3-5-12(11)24-15(14)19-17(22)25-13-7-6-10(9-18)20-21-13/h6-7H,2-5,8H2,1H3. The Kier molecular flexibility index (Phi) is 4.27. The molecule has 1 aliphatic carbocycles. The lowest BCUT2D eigenvalue weighted by Crippen LogP contribution is -2.23. The number of hydrogen-bond donors (Lipinski definition) is 0. The summed E-state index contributed by atoms with van der Waals surface area (Å²) in [5.41, 5.74) is 1.53. The quantitative estimate of drug-likeness (QED) is 0.657. The summed E-state index contributed by atoms with van der Waals surface area (Å²) in [4.78, 5) is 20.0. The van der Waals surface area contributed by atoms with E-state index in [-0.39, 0.29) is 11.3 Å². The highest BCUT2D eigenvalue weighted by molar-refractivity contribution is 7.99. The highest BCUT2D eigenvalue weighted by Crippen LogP contribution is 2.36. The molecular formula is C17H15N5OS2. The van der Waals surface area contributed by atoms with E-state index < -0.39 is 0 Å². The van der Waals surface area contributed by atoms with Crippen molar-refractivity contribution in [1.82, 2.24) is 19.7 Å². The van der Waals surface area contributed by atoms with Gasteiger partial charge in [-0.25, -0.2) is 4.98 Å². The molecule has 0 N–H and O–H groups in total. The summed E-state index contributed by atoms with van der Waals surface area (Å²) in [7, 11) is 0. The molecule has 4 rings (SSSR count). The van der Waals surface area contributed by atoms with Gasteiger partial charge in [0, 0.05) is 11.4 Å². The molecule has 0 unspecified atom stereocenters. The van der Waals surface area contributed by atoms with Crippen LogP contribution >= 0.6 is 23.1 Å². The summed E-state index contributed by atoms with van der Waals surface area (Å²) in [6.45, 7) is 2.67. The molecule has 0 aromatic carbocycles. The third-order valence-electron chi connectivity index (χ3n) is 4.19. The number of fused-ring (bicyclic) bond motifs is 3. The first-order chi connectivity index (χ1) is 12.2. The summed E-state index contributed by atoms with van der Waals surface area (Å²) >= 11 is 2.96. The Balaban J connectivity index is 1.83. The second-order valence-electron chi connectivity index (χ2n) is 5.86. The van der Waals surface area contributed by atoms with E-state index in [0.29, 0.717) is 16.7 Å². The lowest BCUT2D eigenvalue weighted by molar-refractivity contribution is 0.584. The zero-order valence-corrected chi connectivity index (χ0v) is 15.3. The van der Waals surface area contributed by atoms with Gasteiger partial charge in [0.05, 0.1) is 5.39 Å². The van der Waals surface area contributed by atoms with Gasteiger partial charge in [0.15, 0.2) is 10.9 Å². The minimum absolute atomic E-state index is 0.0513. The molecule has 0 saturated heterocycles. The summed E-state index contributed by atoms with van der Waals surface area (Å²) in [6.07, 6.45) is 4.01. The van der Waals surface area contributed by atoms with Crippen molar-refractivity contribution in [3.8, 4) is 6.07 Å². The third kappa shape index (κ3) is 2.83. The largest absolute Gasteiger partial charge is 0.287 e. The maximum atomic E-state index is 13.1. The van der Waals surface area contributed by atoms with Crippen LogP contribution in [0, 0.1) is 11.3 Å². The minimum atomic E-state index is 0.0513. The van der Waals surface area contributed by atoms with Gasteiger partial charge in [-0.15, -0.1) is 21.5 Å². The SMILES string of the molecule is CCCn1c(Sc2ccc(C#N)nn2)nc2sc3c(c2c1=O)CCC3. The fraction of sp³-hybridized carbons (Fsp3) is 0.353. The fourth-order valence-electron chi connectivity index (χ4n) is 3.08.